The molecule has 4 nitrogen and oxygen atoms in total. The number of nitrogens with one attached hydrogen (secondary N) is 1. The molecule has 0 spiro atoms. The van der Waals surface area contributed by atoms with Gasteiger partial charge >= 0.3 is 0 Å². The number of aliphatic hydroxyl groups is 1. The van der Waals surface area contributed by atoms with Crippen LogP contribution in [-0.4, -0.2) is 18.1 Å². The van der Waals surface area contributed by atoms with Gasteiger partial charge in [0.05, 0.1) is 13.2 Å². The Bertz CT molecular complexity index is 579. The summed E-state index contributed by atoms with van der Waals surface area (Å²) in [6.07, 6.45) is 0. The molecule has 0 saturated carbocycles. The van der Waals surface area contributed by atoms with Gasteiger partial charge in [-0.15, -0.1) is 0 Å². The molecule has 1 amide bonds. The fourth-order valence-corrected chi connectivity index (χ4v) is 1.89. The largest absolute Gasteiger partial charge is 0.392 e. The number of carbonyl (C=O) groups excluding carboxylic acids is 1. The third-order valence-corrected chi connectivity index (χ3v) is 2.96. The Morgan fingerprint density at radius 1 is 1.15 bits per heavy atom. The topological polar surface area (TPSA) is 58.6 Å². The van der Waals surface area contributed by atoms with Crippen LogP contribution >= 0.6 is 0 Å². The second kappa shape index (κ2) is 6.84. The van der Waals surface area contributed by atoms with Gasteiger partial charge in [-0.05, 0) is 23.8 Å². The molecular formula is C16H17NO3. The Hall–Kier alpha value is -2.17. The zero-order valence-electron chi connectivity index (χ0n) is 11.3. The predicted molar refractivity (Wildman–Crippen MR) is 77.5 cm³/mol. The lowest BCUT2D eigenvalue weighted by Crippen LogP contribution is -2.13. The zero-order valence-corrected chi connectivity index (χ0v) is 11.3. The van der Waals surface area contributed by atoms with Gasteiger partial charge in [-0.3, -0.25) is 4.79 Å². The molecule has 0 fully saturated rings. The minimum Gasteiger partial charge on any atom is -0.392 e. The Kier molecular flexibility index (Phi) is 4.87. The van der Waals surface area contributed by atoms with E-state index >= 15 is 0 Å². The third-order valence-electron chi connectivity index (χ3n) is 2.96. The van der Waals surface area contributed by atoms with Crippen LogP contribution in [0.5, 0.6) is 0 Å². The third kappa shape index (κ3) is 3.44. The van der Waals surface area contributed by atoms with Crippen LogP contribution in [0.1, 0.15) is 21.5 Å². The minimum atomic E-state index is -0.199. The summed E-state index contributed by atoms with van der Waals surface area (Å²) in [7, 11) is 1.63. The second-order valence-electron chi connectivity index (χ2n) is 4.40. The van der Waals surface area contributed by atoms with Crippen LogP contribution in [0.25, 0.3) is 0 Å². The number of aliphatic hydroxyl groups excluding tert-OH is 1. The van der Waals surface area contributed by atoms with Crippen molar-refractivity contribution in [2.75, 3.05) is 12.4 Å². The number of carbonyl (C=O) groups is 1. The molecule has 2 aromatic carbocycles. The minimum absolute atomic E-state index is 0.108. The van der Waals surface area contributed by atoms with Crippen molar-refractivity contribution in [3.8, 4) is 0 Å². The van der Waals surface area contributed by atoms with Gasteiger partial charge in [-0.25, -0.2) is 0 Å². The normalized spacial score (nSPS) is 10.3. The van der Waals surface area contributed by atoms with Crippen molar-refractivity contribution in [2.24, 2.45) is 0 Å². The van der Waals surface area contributed by atoms with Crippen LogP contribution in [0.4, 0.5) is 5.69 Å². The SMILES string of the molecule is COCc1ccc(C(=O)Nc2ccccc2CO)cc1. The van der Waals surface area contributed by atoms with E-state index in [0.717, 1.165) is 5.56 Å². The first-order chi connectivity index (χ1) is 9.74. The summed E-state index contributed by atoms with van der Waals surface area (Å²) in [5, 5.41) is 12.0. The van der Waals surface area contributed by atoms with E-state index in [2.05, 4.69) is 5.32 Å². The quantitative estimate of drug-likeness (QED) is 0.878. The molecule has 0 bridgehead atoms. The number of benzene rings is 2. The van der Waals surface area contributed by atoms with Gasteiger partial charge in [0.15, 0.2) is 0 Å². The fourth-order valence-electron chi connectivity index (χ4n) is 1.89. The Morgan fingerprint density at radius 3 is 2.50 bits per heavy atom. The van der Waals surface area contributed by atoms with Crippen molar-refractivity contribution >= 4 is 11.6 Å². The molecule has 104 valence electrons. The first-order valence-electron chi connectivity index (χ1n) is 6.32. The highest BCUT2D eigenvalue weighted by molar-refractivity contribution is 6.04. The van der Waals surface area contributed by atoms with Gasteiger partial charge in [0.25, 0.3) is 5.91 Å². The summed E-state index contributed by atoms with van der Waals surface area (Å²) >= 11 is 0. The predicted octanol–water partition coefficient (Wildman–Crippen LogP) is 2.58. The smallest absolute Gasteiger partial charge is 0.255 e. The van der Waals surface area contributed by atoms with Crippen molar-refractivity contribution < 1.29 is 14.6 Å². The highest BCUT2D eigenvalue weighted by Crippen LogP contribution is 2.16. The summed E-state index contributed by atoms with van der Waals surface area (Å²) in [6, 6.07) is 14.4. The van der Waals surface area contributed by atoms with Crippen LogP contribution < -0.4 is 5.32 Å². The second-order valence-corrected chi connectivity index (χ2v) is 4.40. The number of rotatable bonds is 5. The number of ether oxygens (including phenoxy) is 1. The van der Waals surface area contributed by atoms with Crippen LogP contribution in [0, 0.1) is 0 Å². The molecule has 2 aromatic rings. The molecule has 0 aliphatic heterocycles. The fraction of sp³-hybridized carbons (Fsp3) is 0.188. The molecule has 0 aromatic heterocycles. The molecule has 0 aliphatic carbocycles. The van der Waals surface area contributed by atoms with Gasteiger partial charge in [-0.2, -0.15) is 0 Å². The molecule has 2 N–H and O–H groups in total. The highest BCUT2D eigenvalue weighted by Gasteiger charge is 2.08. The maximum Gasteiger partial charge on any atom is 0.255 e. The van der Waals surface area contributed by atoms with Crippen LogP contribution in [0.15, 0.2) is 48.5 Å². The Balaban J connectivity index is 2.11. The summed E-state index contributed by atoms with van der Waals surface area (Å²) in [5.41, 5.74) is 2.90. The van der Waals surface area contributed by atoms with Crippen molar-refractivity contribution in [2.45, 2.75) is 13.2 Å². The molecule has 0 saturated heterocycles. The van der Waals surface area contributed by atoms with E-state index in [-0.39, 0.29) is 12.5 Å². The first kappa shape index (κ1) is 14.2. The average Bonchev–Trinajstić information content (AvgIpc) is 2.49. The van der Waals surface area contributed by atoms with Gasteiger partial charge in [-0.1, -0.05) is 30.3 Å². The summed E-state index contributed by atoms with van der Waals surface area (Å²) in [6.45, 7) is 0.415. The van der Waals surface area contributed by atoms with Crippen molar-refractivity contribution in [1.82, 2.24) is 0 Å². The van der Waals surface area contributed by atoms with E-state index in [0.29, 0.717) is 23.4 Å². The number of methoxy groups -OCH3 is 1. The van der Waals surface area contributed by atoms with Gasteiger partial charge in [0.2, 0.25) is 0 Å². The molecule has 0 heterocycles. The van der Waals surface area contributed by atoms with E-state index in [1.807, 2.05) is 24.3 Å². The van der Waals surface area contributed by atoms with E-state index in [1.165, 1.54) is 0 Å². The van der Waals surface area contributed by atoms with Gasteiger partial charge < -0.3 is 15.2 Å². The zero-order chi connectivity index (χ0) is 14.4. The molecule has 0 atom stereocenters. The van der Waals surface area contributed by atoms with Gasteiger partial charge in [0.1, 0.15) is 0 Å². The van der Waals surface area contributed by atoms with Gasteiger partial charge in [0, 0.05) is 23.9 Å². The van der Waals surface area contributed by atoms with Crippen molar-refractivity contribution in [3.05, 3.63) is 65.2 Å². The summed E-state index contributed by atoms with van der Waals surface area (Å²) in [5.74, 6) is -0.199. The number of anilines is 1. The number of amides is 1. The van der Waals surface area contributed by atoms with Crippen LogP contribution in [-0.2, 0) is 18.0 Å². The molecule has 0 radical (unpaired) electrons. The van der Waals surface area contributed by atoms with Crippen molar-refractivity contribution in [3.63, 3.8) is 0 Å². The van der Waals surface area contributed by atoms with Crippen LogP contribution in [0.3, 0.4) is 0 Å². The lowest BCUT2D eigenvalue weighted by molar-refractivity contribution is 0.102. The molecular weight excluding hydrogens is 254 g/mol. The highest BCUT2D eigenvalue weighted by atomic mass is 16.5. The molecule has 4 heteroatoms. The standard InChI is InChI=1S/C16H17NO3/c1-20-11-12-6-8-13(9-7-12)16(19)17-15-5-3-2-4-14(15)10-18/h2-9,18H,10-11H2,1H3,(H,17,19). The Labute approximate surface area is 118 Å². The molecule has 0 unspecified atom stereocenters. The number of hydrogen-bond acceptors (Lipinski definition) is 3. The number of hydrogen-bond donors (Lipinski definition) is 2. The Morgan fingerprint density at radius 2 is 1.85 bits per heavy atom. The maximum absolute atomic E-state index is 12.1. The monoisotopic (exact) mass is 271 g/mol. The van der Waals surface area contributed by atoms with E-state index < -0.39 is 0 Å². The van der Waals surface area contributed by atoms with E-state index in [9.17, 15) is 9.90 Å². The lowest BCUT2D eigenvalue weighted by Gasteiger charge is -2.09. The first-order valence-corrected chi connectivity index (χ1v) is 6.32. The van der Waals surface area contributed by atoms with E-state index in [1.54, 1.807) is 31.4 Å². The molecule has 20 heavy (non-hydrogen) atoms. The van der Waals surface area contributed by atoms with Crippen LogP contribution in [0.2, 0.25) is 0 Å². The summed E-state index contributed by atoms with van der Waals surface area (Å²) < 4.78 is 5.03. The summed E-state index contributed by atoms with van der Waals surface area (Å²) in [4.78, 5) is 12.1. The average molecular weight is 271 g/mol. The lowest BCUT2D eigenvalue weighted by atomic mass is 10.1. The molecule has 2 rings (SSSR count). The van der Waals surface area contributed by atoms with Crippen molar-refractivity contribution in [1.29, 1.82) is 0 Å². The van der Waals surface area contributed by atoms with E-state index in [4.69, 9.17) is 4.74 Å². The molecule has 0 aliphatic rings. The number of para-hydroxylation sites is 1. The maximum atomic E-state index is 12.1.